The van der Waals surface area contributed by atoms with Crippen molar-refractivity contribution in [2.45, 2.75) is 13.0 Å². The number of hydrogen-bond donors (Lipinski definition) is 2. The van der Waals surface area contributed by atoms with Crippen molar-refractivity contribution in [1.29, 1.82) is 0 Å². The largest absolute Gasteiger partial charge is 0.378 e. The summed E-state index contributed by atoms with van der Waals surface area (Å²) < 4.78 is 5.26. The monoisotopic (exact) mass is 307 g/mol. The maximum Gasteiger partial charge on any atom is 0.244 e. The van der Waals surface area contributed by atoms with Crippen molar-refractivity contribution in [1.82, 2.24) is 14.9 Å². The topological polar surface area (TPSA) is 93.4 Å². The third-order valence-corrected chi connectivity index (χ3v) is 4.20. The molecule has 0 radical (unpaired) electrons. The maximum atomic E-state index is 12.4. The second-order valence-electron chi connectivity index (χ2n) is 4.87. The number of hydrogen-bond acceptors (Lipinski definition) is 7. The molecule has 21 heavy (non-hydrogen) atoms. The first-order chi connectivity index (χ1) is 10.1. The number of nitrogens with two attached hydrogens (primary N) is 1. The number of morpholine rings is 1. The van der Waals surface area contributed by atoms with Gasteiger partial charge in [0.1, 0.15) is 16.7 Å². The van der Waals surface area contributed by atoms with E-state index in [4.69, 9.17) is 10.5 Å². The Balaban J connectivity index is 1.77. The van der Waals surface area contributed by atoms with E-state index in [-0.39, 0.29) is 17.9 Å². The number of carbonyl (C=O) groups is 1. The molecule has 0 spiro atoms. The van der Waals surface area contributed by atoms with E-state index in [1.54, 1.807) is 4.90 Å². The van der Waals surface area contributed by atoms with Crippen LogP contribution in [-0.4, -0.2) is 53.1 Å². The number of fused-ring (bicyclic) bond motifs is 1. The fourth-order valence-corrected chi connectivity index (χ4v) is 3.08. The van der Waals surface area contributed by atoms with Gasteiger partial charge in [-0.3, -0.25) is 4.79 Å². The molecule has 3 rings (SSSR count). The molecule has 1 aliphatic heterocycles. The Hall–Kier alpha value is -1.93. The smallest absolute Gasteiger partial charge is 0.244 e. The number of nitrogen functional groups attached to an aromatic ring is 1. The number of amides is 1. The second-order valence-corrected chi connectivity index (χ2v) is 5.77. The average Bonchev–Trinajstić information content (AvgIpc) is 2.95. The second kappa shape index (κ2) is 5.82. The molecule has 1 aliphatic rings. The van der Waals surface area contributed by atoms with E-state index in [0.29, 0.717) is 32.1 Å². The Morgan fingerprint density at radius 3 is 3.00 bits per heavy atom. The number of nitrogens with one attached hydrogen (secondary N) is 1. The van der Waals surface area contributed by atoms with E-state index < -0.39 is 0 Å². The van der Waals surface area contributed by atoms with E-state index >= 15 is 0 Å². The molecule has 1 fully saturated rings. The van der Waals surface area contributed by atoms with Gasteiger partial charge in [0, 0.05) is 13.1 Å². The van der Waals surface area contributed by atoms with Crippen LogP contribution in [0.15, 0.2) is 11.4 Å². The SMILES string of the molecule is CC(Nc1nc(N)nc2sccc12)C(=O)N1CCOCC1. The van der Waals surface area contributed by atoms with Gasteiger partial charge in [-0.15, -0.1) is 11.3 Å². The number of thiophene rings is 1. The Bertz CT molecular complexity index is 653. The number of aromatic nitrogens is 2. The molecular formula is C13H17N5O2S. The van der Waals surface area contributed by atoms with Crippen LogP contribution < -0.4 is 11.1 Å². The lowest BCUT2D eigenvalue weighted by atomic mass is 10.2. The van der Waals surface area contributed by atoms with Crippen LogP contribution >= 0.6 is 11.3 Å². The van der Waals surface area contributed by atoms with Gasteiger partial charge in [-0.1, -0.05) is 0 Å². The molecule has 1 unspecified atom stereocenters. The predicted octanol–water partition coefficient (Wildman–Crippen LogP) is 0.933. The highest BCUT2D eigenvalue weighted by molar-refractivity contribution is 7.16. The average molecular weight is 307 g/mol. The molecule has 0 aliphatic carbocycles. The van der Waals surface area contributed by atoms with Gasteiger partial charge < -0.3 is 20.7 Å². The van der Waals surface area contributed by atoms with Crippen molar-refractivity contribution in [3.05, 3.63) is 11.4 Å². The molecule has 1 atom stereocenters. The Kier molecular flexibility index (Phi) is 3.89. The summed E-state index contributed by atoms with van der Waals surface area (Å²) in [6.45, 7) is 4.27. The summed E-state index contributed by atoms with van der Waals surface area (Å²) in [6.07, 6.45) is 0. The minimum absolute atomic E-state index is 0.0406. The van der Waals surface area contributed by atoms with Crippen LogP contribution in [0.3, 0.4) is 0 Å². The first kappa shape index (κ1) is 14.0. The molecule has 1 amide bonds. The number of rotatable bonds is 3. The summed E-state index contributed by atoms with van der Waals surface area (Å²) in [6, 6.07) is 1.55. The summed E-state index contributed by atoms with van der Waals surface area (Å²) in [5.74, 6) is 0.852. The molecule has 2 aromatic rings. The van der Waals surface area contributed by atoms with Crippen LogP contribution in [-0.2, 0) is 9.53 Å². The highest BCUT2D eigenvalue weighted by atomic mass is 32.1. The van der Waals surface area contributed by atoms with Crippen molar-refractivity contribution >= 4 is 39.2 Å². The molecule has 2 aromatic heterocycles. The molecule has 0 saturated carbocycles. The zero-order valence-corrected chi connectivity index (χ0v) is 12.5. The van der Waals surface area contributed by atoms with E-state index in [9.17, 15) is 4.79 Å². The summed E-state index contributed by atoms with van der Waals surface area (Å²) in [7, 11) is 0. The first-order valence-electron chi connectivity index (χ1n) is 6.79. The van der Waals surface area contributed by atoms with Crippen molar-refractivity contribution in [3.8, 4) is 0 Å². The van der Waals surface area contributed by atoms with Gasteiger partial charge in [0.15, 0.2) is 0 Å². The van der Waals surface area contributed by atoms with Crippen LogP contribution in [0.25, 0.3) is 10.2 Å². The molecule has 3 N–H and O–H groups in total. The van der Waals surface area contributed by atoms with Gasteiger partial charge in [0.05, 0.1) is 18.6 Å². The molecule has 0 aromatic carbocycles. The fourth-order valence-electron chi connectivity index (χ4n) is 2.31. The van der Waals surface area contributed by atoms with E-state index in [1.807, 2.05) is 18.4 Å². The van der Waals surface area contributed by atoms with Crippen LogP contribution in [0.4, 0.5) is 11.8 Å². The molecular weight excluding hydrogens is 290 g/mol. The van der Waals surface area contributed by atoms with Crippen LogP contribution in [0.5, 0.6) is 0 Å². The third-order valence-electron chi connectivity index (χ3n) is 3.39. The zero-order chi connectivity index (χ0) is 14.8. The lowest BCUT2D eigenvalue weighted by molar-refractivity contribution is -0.135. The fraction of sp³-hybridized carbons (Fsp3) is 0.462. The highest BCUT2D eigenvalue weighted by Crippen LogP contribution is 2.26. The standard InChI is InChI=1S/C13H17N5O2S/c1-8(12(19)18-3-5-20-6-4-18)15-10-9-2-7-21-11(9)17-13(14)16-10/h2,7-8H,3-6H2,1H3,(H3,14,15,16,17). The zero-order valence-electron chi connectivity index (χ0n) is 11.7. The summed E-state index contributed by atoms with van der Waals surface area (Å²) in [4.78, 5) is 23.4. The van der Waals surface area contributed by atoms with E-state index in [1.165, 1.54) is 11.3 Å². The summed E-state index contributed by atoms with van der Waals surface area (Å²) >= 11 is 1.50. The summed E-state index contributed by atoms with van der Waals surface area (Å²) in [5, 5.41) is 5.97. The summed E-state index contributed by atoms with van der Waals surface area (Å²) in [5.41, 5.74) is 5.71. The highest BCUT2D eigenvalue weighted by Gasteiger charge is 2.23. The predicted molar refractivity (Wildman–Crippen MR) is 82.3 cm³/mol. The van der Waals surface area contributed by atoms with E-state index in [2.05, 4.69) is 15.3 Å². The first-order valence-corrected chi connectivity index (χ1v) is 7.67. The Labute approximate surface area is 126 Å². The van der Waals surface area contributed by atoms with Crippen LogP contribution in [0.2, 0.25) is 0 Å². The number of anilines is 2. The van der Waals surface area contributed by atoms with Gasteiger partial charge in [-0.2, -0.15) is 4.98 Å². The molecule has 8 heteroatoms. The van der Waals surface area contributed by atoms with Crippen molar-refractivity contribution < 1.29 is 9.53 Å². The van der Waals surface area contributed by atoms with Crippen molar-refractivity contribution in [2.75, 3.05) is 37.4 Å². The van der Waals surface area contributed by atoms with Gasteiger partial charge in [0.25, 0.3) is 0 Å². The Morgan fingerprint density at radius 2 is 2.24 bits per heavy atom. The van der Waals surface area contributed by atoms with Crippen molar-refractivity contribution in [3.63, 3.8) is 0 Å². The minimum atomic E-state index is -0.375. The van der Waals surface area contributed by atoms with Gasteiger partial charge in [-0.25, -0.2) is 4.98 Å². The Morgan fingerprint density at radius 1 is 1.48 bits per heavy atom. The normalized spacial score (nSPS) is 16.9. The third kappa shape index (κ3) is 2.91. The maximum absolute atomic E-state index is 12.4. The van der Waals surface area contributed by atoms with Crippen molar-refractivity contribution in [2.24, 2.45) is 0 Å². The molecule has 0 bridgehead atoms. The lowest BCUT2D eigenvalue weighted by Crippen LogP contribution is -2.47. The van der Waals surface area contributed by atoms with Crippen LogP contribution in [0.1, 0.15) is 6.92 Å². The molecule has 3 heterocycles. The molecule has 1 saturated heterocycles. The lowest BCUT2D eigenvalue weighted by Gasteiger charge is -2.29. The number of carbonyl (C=O) groups excluding carboxylic acids is 1. The molecule has 7 nitrogen and oxygen atoms in total. The minimum Gasteiger partial charge on any atom is -0.378 e. The van der Waals surface area contributed by atoms with Gasteiger partial charge >= 0.3 is 0 Å². The number of nitrogens with zero attached hydrogens (tertiary/aromatic N) is 3. The van der Waals surface area contributed by atoms with Gasteiger partial charge in [-0.05, 0) is 18.4 Å². The van der Waals surface area contributed by atoms with Gasteiger partial charge in [0.2, 0.25) is 11.9 Å². The number of ether oxygens (including phenoxy) is 1. The molecule has 112 valence electrons. The quantitative estimate of drug-likeness (QED) is 0.876. The van der Waals surface area contributed by atoms with Crippen LogP contribution in [0, 0.1) is 0 Å². The van der Waals surface area contributed by atoms with E-state index in [0.717, 1.165) is 10.2 Å².